The lowest BCUT2D eigenvalue weighted by Gasteiger charge is -2.16. The van der Waals surface area contributed by atoms with Gasteiger partial charge >= 0.3 is 0 Å². The molecule has 0 bridgehead atoms. The SMILES string of the molecule is CCCNc1cc(-c2c(-c3ccc(F)cc3)nc3n2[C@@H](CO)CC3)ccn1.CCCNc1cc(-c2c(-c3ccc(F)cc3)nc3n2[C@H](CO)CC3)ccn1.CS(=O)(=O)c1cc(-c2c(-c3ccc(F)cc3)nc3n2[C@H](CO)CC3)ccn1.CSc1cc(-c2c(-c3ccc(F)cc3)nc3n2[C@@H](CO)CC3)ccn1.CSc1cc(-c2c(-c3ccc(F)cc3)nc3n2[C@H](CO)CC3)ccn1. The largest absolute Gasteiger partial charge is 0.394 e. The number of nitrogens with zero attached hydrogens (tertiary/aromatic N) is 15. The molecule has 0 aliphatic carbocycles. The number of imidazole rings is 5. The number of aryl methyl sites for hydroxylation is 5. The molecule has 7 N–H and O–H groups in total. The molecule has 15 aromatic rings. The molecule has 0 saturated heterocycles. The predicted octanol–water partition coefficient (Wildman–Crippen LogP) is 18.6. The molecule has 0 radical (unpaired) electrons. The fourth-order valence-electron chi connectivity index (χ4n) is 17.6. The summed E-state index contributed by atoms with van der Waals surface area (Å²) in [6, 6.07) is 50.8. The van der Waals surface area contributed by atoms with Gasteiger partial charge < -0.3 is 59.0 Å². The zero-order chi connectivity index (χ0) is 91.6. The van der Waals surface area contributed by atoms with E-state index >= 15 is 0 Å². The van der Waals surface area contributed by atoms with Crippen molar-refractivity contribution in [3.63, 3.8) is 0 Å². The highest BCUT2D eigenvalue weighted by atomic mass is 32.2. The van der Waals surface area contributed by atoms with E-state index in [0.717, 1.165) is 236 Å². The zero-order valence-electron chi connectivity index (χ0n) is 72.9. The number of aromatic nitrogens is 15. The molecule has 5 aromatic carbocycles. The number of fused-ring (bicyclic) bond motifs is 5. The summed E-state index contributed by atoms with van der Waals surface area (Å²) in [4.78, 5) is 45.5. The van der Waals surface area contributed by atoms with Crippen LogP contribution in [0.1, 0.15) is 118 Å². The molecular formula is C99H100F5N17O7S3. The standard InChI is InChI=1S/2C21H23FN4O.C19H18FN3O3S.2C19H18FN3OS/c2*1-2-10-23-18-12-15(9-11-24-18)21-20(14-3-5-16(22)6-4-14)25-19-8-7-17(13-27)26(19)21;1-27(25,26)17-10-13(8-9-21-17)19-18(12-2-4-14(20)5-3-12)22-16-7-6-15(11-24)23(16)19;2*1-25-17-10-13(8-9-21-17)19-18(12-2-4-14(20)5-3-12)22-16-7-6-15(11-24)23(16)19/h2*3-6,9,11-12,17,27H,2,7-8,10,13H2,1H3,(H,23,24);2-5,8-10,15,24H,6-7,11H2,1H3;2*2-5,8-10,15,24H,6-7,11H2,1H3/t2*17-;3*15-/m10010/s1. The second-order valence-corrected chi connectivity index (χ2v) is 36.0. The van der Waals surface area contributed by atoms with Crippen LogP contribution in [-0.2, 0) is 41.9 Å². The Kier molecular flexibility index (Phi) is 29.0. The number of rotatable bonds is 24. The normalized spacial score (nSPS) is 16.1. The van der Waals surface area contributed by atoms with E-state index in [1.54, 1.807) is 115 Å². The number of sulfone groups is 1. The van der Waals surface area contributed by atoms with Crippen molar-refractivity contribution in [1.29, 1.82) is 0 Å². The number of benzene rings is 5. The van der Waals surface area contributed by atoms with Crippen LogP contribution >= 0.6 is 23.5 Å². The van der Waals surface area contributed by atoms with E-state index in [1.807, 2.05) is 65.6 Å². The van der Waals surface area contributed by atoms with Crippen LogP contribution in [0, 0.1) is 29.1 Å². The van der Waals surface area contributed by atoms with Crippen LogP contribution in [0.3, 0.4) is 0 Å². The van der Waals surface area contributed by atoms with Gasteiger partial charge in [-0.25, -0.2) is 80.2 Å². The smallest absolute Gasteiger partial charge is 0.192 e. The molecule has 131 heavy (non-hydrogen) atoms. The lowest BCUT2D eigenvalue weighted by Crippen LogP contribution is -2.10. The van der Waals surface area contributed by atoms with Gasteiger partial charge in [0.25, 0.3) is 0 Å². The Morgan fingerprint density at radius 3 is 0.786 bits per heavy atom. The second kappa shape index (κ2) is 41.4. The van der Waals surface area contributed by atoms with Crippen molar-refractivity contribution in [2.45, 2.75) is 136 Å². The number of aliphatic hydroxyl groups is 5. The monoisotopic (exact) mass is 1830 g/mol. The summed E-state index contributed by atoms with van der Waals surface area (Å²) in [7, 11) is -3.47. The maximum atomic E-state index is 13.4. The number of nitrogens with one attached hydrogen (secondary N) is 2. The number of halogens is 5. The summed E-state index contributed by atoms with van der Waals surface area (Å²) in [5.74, 6) is 4.90. The van der Waals surface area contributed by atoms with Crippen LogP contribution in [-0.4, -0.2) is 172 Å². The van der Waals surface area contributed by atoms with E-state index in [-0.39, 0.29) is 97.4 Å². The van der Waals surface area contributed by atoms with Gasteiger partial charge in [-0.3, -0.25) is 0 Å². The molecule has 0 unspecified atom stereocenters. The Bertz CT molecular complexity index is 6330. The van der Waals surface area contributed by atoms with Crippen LogP contribution in [0.4, 0.5) is 33.6 Å². The second-order valence-electron chi connectivity index (χ2n) is 32.4. The molecule has 5 aliphatic heterocycles. The molecule has 24 nitrogen and oxygen atoms in total. The van der Waals surface area contributed by atoms with Gasteiger partial charge in [0.1, 0.15) is 69.8 Å². The van der Waals surface area contributed by atoms with Gasteiger partial charge in [0.15, 0.2) is 14.9 Å². The molecule has 5 atom stereocenters. The van der Waals surface area contributed by atoms with E-state index in [1.165, 1.54) is 72.9 Å². The van der Waals surface area contributed by atoms with Crippen molar-refractivity contribution in [2.24, 2.45) is 0 Å². The van der Waals surface area contributed by atoms with Crippen LogP contribution < -0.4 is 10.6 Å². The van der Waals surface area contributed by atoms with E-state index in [9.17, 15) is 55.9 Å². The minimum Gasteiger partial charge on any atom is -0.394 e. The Hall–Kier alpha value is -12.4. The number of anilines is 2. The molecule has 0 spiro atoms. The molecule has 32 heteroatoms. The minimum absolute atomic E-state index is 0.0110. The fourth-order valence-corrected chi connectivity index (χ4v) is 19.0. The molecular weight excluding hydrogens is 1730 g/mol. The molecule has 20 rings (SSSR count). The van der Waals surface area contributed by atoms with Crippen LogP contribution in [0.25, 0.3) is 113 Å². The van der Waals surface area contributed by atoms with Crippen LogP contribution in [0.5, 0.6) is 0 Å². The Morgan fingerprint density at radius 2 is 0.557 bits per heavy atom. The molecule has 0 fully saturated rings. The maximum absolute atomic E-state index is 13.4. The van der Waals surface area contributed by atoms with Gasteiger partial charge in [-0.1, -0.05) is 13.8 Å². The topological polar surface area (TPSA) is 313 Å². The number of thioether (sulfide) groups is 2. The van der Waals surface area contributed by atoms with E-state index in [2.05, 4.69) is 67.7 Å². The summed E-state index contributed by atoms with van der Waals surface area (Å²) in [6.45, 7) is 6.20. The lowest BCUT2D eigenvalue weighted by molar-refractivity contribution is 0.234. The quantitative estimate of drug-likeness (QED) is 0.0218. The number of aliphatic hydroxyl groups excluding tert-OH is 5. The molecule has 15 heterocycles. The summed E-state index contributed by atoms with van der Waals surface area (Å²) in [5.41, 5.74) is 17.3. The first-order valence-electron chi connectivity index (χ1n) is 43.7. The highest BCUT2D eigenvalue weighted by molar-refractivity contribution is 7.98. The molecule has 676 valence electrons. The van der Waals surface area contributed by atoms with Crippen molar-refractivity contribution < 1.29 is 55.9 Å². The summed E-state index contributed by atoms with van der Waals surface area (Å²) in [5, 5.41) is 57.5. The summed E-state index contributed by atoms with van der Waals surface area (Å²) < 4.78 is 101. The van der Waals surface area contributed by atoms with Crippen LogP contribution in [0.15, 0.2) is 228 Å². The van der Waals surface area contributed by atoms with Gasteiger partial charge in [-0.2, -0.15) is 0 Å². The summed E-state index contributed by atoms with van der Waals surface area (Å²) >= 11 is 3.17. The number of pyridine rings is 5. The Balaban J connectivity index is 0.000000120. The molecule has 10 aromatic heterocycles. The van der Waals surface area contributed by atoms with E-state index < -0.39 is 9.84 Å². The average molecular weight is 1830 g/mol. The number of hydrogen-bond acceptors (Lipinski definition) is 21. The van der Waals surface area contributed by atoms with Gasteiger partial charge in [0.2, 0.25) is 0 Å². The van der Waals surface area contributed by atoms with Gasteiger partial charge in [0.05, 0.1) is 130 Å². The first-order chi connectivity index (χ1) is 63.7. The van der Waals surface area contributed by atoms with Crippen molar-refractivity contribution in [2.75, 3.05) is 75.5 Å². The molecule has 0 amide bonds. The maximum Gasteiger partial charge on any atom is 0.192 e. The van der Waals surface area contributed by atoms with E-state index in [0.29, 0.717) is 23.4 Å². The highest BCUT2D eigenvalue weighted by Crippen LogP contribution is 2.47. The Morgan fingerprint density at radius 1 is 0.328 bits per heavy atom. The third-order valence-electron chi connectivity index (χ3n) is 23.9. The van der Waals surface area contributed by atoms with Gasteiger partial charge in [0, 0.05) is 138 Å². The Labute approximate surface area is 764 Å². The average Bonchev–Trinajstić information content (AvgIpc) is 1.75. The first-order valence-corrected chi connectivity index (χ1v) is 48.0. The fraction of sp³-hybridized carbons (Fsp3) is 0.293. The van der Waals surface area contributed by atoms with Gasteiger partial charge in [-0.05, 0) is 239 Å². The third kappa shape index (κ3) is 20.0. The number of hydrogen-bond donors (Lipinski definition) is 7. The van der Waals surface area contributed by atoms with E-state index in [4.69, 9.17) is 24.9 Å². The van der Waals surface area contributed by atoms with Crippen molar-refractivity contribution >= 4 is 45.0 Å². The van der Waals surface area contributed by atoms with Gasteiger partial charge in [-0.15, -0.1) is 23.5 Å². The molecule has 0 saturated carbocycles. The predicted molar refractivity (Wildman–Crippen MR) is 501 cm³/mol. The van der Waals surface area contributed by atoms with Crippen LogP contribution in [0.2, 0.25) is 0 Å². The van der Waals surface area contributed by atoms with Crippen molar-refractivity contribution in [3.05, 3.63) is 271 Å². The molecule has 5 aliphatic rings. The first kappa shape index (κ1) is 91.9. The minimum atomic E-state index is -3.47. The zero-order valence-corrected chi connectivity index (χ0v) is 75.4. The lowest BCUT2D eigenvalue weighted by atomic mass is 10.0. The third-order valence-corrected chi connectivity index (χ3v) is 26.2. The summed E-state index contributed by atoms with van der Waals surface area (Å²) in [6.07, 6.45) is 24.0. The van der Waals surface area contributed by atoms with Crippen molar-refractivity contribution in [1.82, 2.24) is 72.7 Å². The van der Waals surface area contributed by atoms with Crippen molar-refractivity contribution in [3.8, 4) is 113 Å². The highest BCUT2D eigenvalue weighted by Gasteiger charge is 2.36.